The van der Waals surface area contributed by atoms with Gasteiger partial charge in [0.2, 0.25) is 0 Å². The van der Waals surface area contributed by atoms with Crippen LogP contribution in [0.2, 0.25) is 0 Å². The largest absolute Gasteiger partial charge is 0.426 e. The average Bonchev–Trinajstić information content (AvgIpc) is 2.73. The van der Waals surface area contributed by atoms with Crippen molar-refractivity contribution >= 4 is 0 Å². The van der Waals surface area contributed by atoms with Gasteiger partial charge in [-0.2, -0.15) is 22.0 Å². The van der Waals surface area contributed by atoms with Crippen molar-refractivity contribution in [1.29, 1.82) is 0 Å². The average molecular weight is 422 g/mol. The Hall–Kier alpha value is -2.76. The molecule has 0 aliphatic rings. The van der Waals surface area contributed by atoms with Gasteiger partial charge in [0, 0.05) is 5.56 Å². The fraction of sp³-hybridized carbons (Fsp3) is 0.250. The summed E-state index contributed by atoms with van der Waals surface area (Å²) in [5.74, 6) is -4.70. The number of hydrogen-bond donors (Lipinski definition) is 0. The Balaban J connectivity index is 2.15. The van der Waals surface area contributed by atoms with Crippen LogP contribution in [0.1, 0.15) is 24.5 Å². The van der Waals surface area contributed by atoms with Gasteiger partial charge in [0.25, 0.3) is 6.17 Å². The van der Waals surface area contributed by atoms with E-state index in [2.05, 4.69) is 0 Å². The molecule has 1 atom stereocenters. The zero-order chi connectivity index (χ0) is 21.9. The number of hydrogen-bond acceptors (Lipinski definition) is 0. The normalized spacial score (nSPS) is 13.3. The fourth-order valence-corrected chi connectivity index (χ4v) is 3.35. The molecule has 0 bridgehead atoms. The molecule has 0 aliphatic heterocycles. The van der Waals surface area contributed by atoms with Gasteiger partial charge in [0.1, 0.15) is 0 Å². The molecule has 0 saturated heterocycles. The Labute approximate surface area is 171 Å². The molecule has 158 valence electrons. The monoisotopic (exact) mass is 422 g/mol. The van der Waals surface area contributed by atoms with E-state index in [0.717, 1.165) is 30.5 Å². The van der Waals surface area contributed by atoms with Crippen LogP contribution >= 0.6 is 0 Å². The third-order valence-electron chi connectivity index (χ3n) is 4.90. The second-order valence-corrected chi connectivity index (χ2v) is 7.10. The van der Waals surface area contributed by atoms with Crippen LogP contribution in [-0.4, -0.2) is 12.3 Å². The molecule has 0 N–H and O–H groups in total. The van der Waals surface area contributed by atoms with E-state index in [4.69, 9.17) is 0 Å². The van der Waals surface area contributed by atoms with Crippen molar-refractivity contribution < 1.29 is 26.3 Å². The van der Waals surface area contributed by atoms with E-state index in [1.807, 2.05) is 19.1 Å². The van der Waals surface area contributed by atoms with Crippen molar-refractivity contribution in [2.24, 2.45) is 0 Å². The summed E-state index contributed by atoms with van der Waals surface area (Å²) in [5.41, 5.74) is 2.21. The van der Waals surface area contributed by atoms with Crippen molar-refractivity contribution in [3.05, 3.63) is 83.9 Å². The molecule has 3 rings (SSSR count). The highest BCUT2D eigenvalue weighted by atomic mass is 19.4. The van der Waals surface area contributed by atoms with E-state index in [1.165, 1.54) is 6.07 Å². The van der Waals surface area contributed by atoms with Gasteiger partial charge in [-0.1, -0.05) is 80.1 Å². The van der Waals surface area contributed by atoms with Gasteiger partial charge in [0.05, 0.1) is 0 Å². The van der Waals surface area contributed by atoms with Gasteiger partial charge in [-0.05, 0) is 40.3 Å². The van der Waals surface area contributed by atoms with Crippen LogP contribution in [0, 0.1) is 0 Å². The minimum Gasteiger partial charge on any atom is -0.230 e. The molecule has 0 aromatic heterocycles. The zero-order valence-electron chi connectivity index (χ0n) is 16.2. The van der Waals surface area contributed by atoms with Crippen LogP contribution in [0.15, 0.2) is 72.8 Å². The lowest BCUT2D eigenvalue weighted by molar-refractivity contribution is -0.248. The molecular weight excluding hydrogens is 402 g/mol. The van der Waals surface area contributed by atoms with Gasteiger partial charge >= 0.3 is 12.1 Å². The summed E-state index contributed by atoms with van der Waals surface area (Å²) < 4.78 is 80.3. The quantitative estimate of drug-likeness (QED) is 0.354. The van der Waals surface area contributed by atoms with Crippen molar-refractivity contribution in [3.63, 3.8) is 0 Å². The molecule has 0 fully saturated rings. The maximum Gasteiger partial charge on any atom is 0.426 e. The summed E-state index contributed by atoms with van der Waals surface area (Å²) in [5, 5.41) is 0. The summed E-state index contributed by atoms with van der Waals surface area (Å²) >= 11 is 0. The molecular formula is C24H20F6. The highest BCUT2D eigenvalue weighted by molar-refractivity contribution is 5.84. The van der Waals surface area contributed by atoms with E-state index in [9.17, 15) is 26.3 Å². The van der Waals surface area contributed by atoms with Crippen LogP contribution in [0.25, 0.3) is 22.3 Å². The molecule has 0 amide bonds. The lowest BCUT2D eigenvalue weighted by atomic mass is 9.90. The molecule has 1 unspecified atom stereocenters. The van der Waals surface area contributed by atoms with Crippen LogP contribution < -0.4 is 0 Å². The summed E-state index contributed by atoms with van der Waals surface area (Å²) in [7, 11) is 0. The van der Waals surface area contributed by atoms with Gasteiger partial charge < -0.3 is 0 Å². The molecule has 0 nitrogen and oxygen atoms in total. The zero-order valence-corrected chi connectivity index (χ0v) is 16.2. The standard InChI is InChI=1S/C24H20F6/c1-2-6-16-9-11-18(12-10-16)21-15-19(23(26,27)22(25)24(28,29)30)13-14-20(21)17-7-4-3-5-8-17/h3-5,7-15,22H,2,6H2,1H3. The van der Waals surface area contributed by atoms with Crippen LogP contribution in [0.3, 0.4) is 0 Å². The molecule has 3 aromatic carbocycles. The van der Waals surface area contributed by atoms with Crippen LogP contribution in [0.4, 0.5) is 26.3 Å². The van der Waals surface area contributed by atoms with Gasteiger partial charge in [-0.25, -0.2) is 4.39 Å². The SMILES string of the molecule is CCCc1ccc(-c2cc(C(F)(F)C(F)C(F)(F)F)ccc2-c2ccccc2)cc1. The Morgan fingerprint density at radius 3 is 1.90 bits per heavy atom. The molecule has 0 heterocycles. The summed E-state index contributed by atoms with van der Waals surface area (Å²) in [4.78, 5) is 0. The maximum absolute atomic E-state index is 14.3. The Morgan fingerprint density at radius 2 is 1.33 bits per heavy atom. The van der Waals surface area contributed by atoms with Crippen LogP contribution in [-0.2, 0) is 12.3 Å². The number of aryl methyl sites for hydroxylation is 1. The number of alkyl halides is 6. The van der Waals surface area contributed by atoms with Crippen molar-refractivity contribution in [1.82, 2.24) is 0 Å². The van der Waals surface area contributed by atoms with Crippen molar-refractivity contribution in [2.75, 3.05) is 0 Å². The lowest BCUT2D eigenvalue weighted by Crippen LogP contribution is -2.39. The first-order valence-corrected chi connectivity index (χ1v) is 9.52. The van der Waals surface area contributed by atoms with Crippen molar-refractivity contribution in [2.45, 2.75) is 38.0 Å². The van der Waals surface area contributed by atoms with Crippen molar-refractivity contribution in [3.8, 4) is 22.3 Å². The van der Waals surface area contributed by atoms with E-state index < -0.39 is 23.8 Å². The minimum atomic E-state index is -5.66. The van der Waals surface area contributed by atoms with Gasteiger partial charge in [-0.15, -0.1) is 0 Å². The second-order valence-electron chi connectivity index (χ2n) is 7.10. The third-order valence-corrected chi connectivity index (χ3v) is 4.90. The fourth-order valence-electron chi connectivity index (χ4n) is 3.35. The predicted octanol–water partition coefficient (Wildman–Crippen LogP) is 7.97. The minimum absolute atomic E-state index is 0.316. The summed E-state index contributed by atoms with van der Waals surface area (Å²) in [6.07, 6.45) is -8.17. The Morgan fingerprint density at radius 1 is 0.733 bits per heavy atom. The topological polar surface area (TPSA) is 0 Å². The first kappa shape index (κ1) is 21.9. The third kappa shape index (κ3) is 4.53. The van der Waals surface area contributed by atoms with E-state index in [0.29, 0.717) is 22.3 Å². The number of benzene rings is 3. The number of rotatable bonds is 6. The number of halogens is 6. The smallest absolute Gasteiger partial charge is 0.230 e. The molecule has 0 saturated carbocycles. The molecule has 6 heteroatoms. The van der Waals surface area contributed by atoms with Crippen LogP contribution in [0.5, 0.6) is 0 Å². The maximum atomic E-state index is 14.3. The van der Waals surface area contributed by atoms with E-state index >= 15 is 0 Å². The Kier molecular flexibility index (Phi) is 6.25. The van der Waals surface area contributed by atoms with Gasteiger partial charge in [0.15, 0.2) is 0 Å². The molecule has 0 spiro atoms. The summed E-state index contributed by atoms with van der Waals surface area (Å²) in [6.45, 7) is 2.03. The Bertz CT molecular complexity index is 975. The molecule has 3 aromatic rings. The van der Waals surface area contributed by atoms with E-state index in [-0.39, 0.29) is 0 Å². The first-order chi connectivity index (χ1) is 14.1. The second kappa shape index (κ2) is 8.54. The summed E-state index contributed by atoms with van der Waals surface area (Å²) in [6, 6.07) is 19.2. The highest BCUT2D eigenvalue weighted by Crippen LogP contribution is 2.44. The molecule has 0 radical (unpaired) electrons. The van der Waals surface area contributed by atoms with Gasteiger partial charge in [-0.3, -0.25) is 0 Å². The molecule has 0 aliphatic carbocycles. The lowest BCUT2D eigenvalue weighted by Gasteiger charge is -2.24. The van der Waals surface area contributed by atoms with E-state index in [1.54, 1.807) is 42.5 Å². The first-order valence-electron chi connectivity index (χ1n) is 9.52. The highest BCUT2D eigenvalue weighted by Gasteiger charge is 2.57. The predicted molar refractivity (Wildman–Crippen MR) is 106 cm³/mol. The molecule has 30 heavy (non-hydrogen) atoms.